The van der Waals surface area contributed by atoms with Gasteiger partial charge in [0.25, 0.3) is 0 Å². The first-order valence-corrected chi connectivity index (χ1v) is 7.41. The Balaban J connectivity index is 1.61. The second kappa shape index (κ2) is 5.91. The van der Waals surface area contributed by atoms with Gasteiger partial charge in [-0.05, 0) is 36.8 Å². The zero-order chi connectivity index (χ0) is 15.7. The number of ether oxygens (including phenoxy) is 2. The summed E-state index contributed by atoms with van der Waals surface area (Å²) >= 11 is 0. The second-order valence-corrected chi connectivity index (χ2v) is 5.80. The molecule has 0 radical (unpaired) electrons. The molecular weight excluding hydrogens is 297 g/mol. The summed E-state index contributed by atoms with van der Waals surface area (Å²) in [4.78, 5) is 11.9. The zero-order valence-corrected chi connectivity index (χ0v) is 11.9. The fourth-order valence-corrected chi connectivity index (χ4v) is 2.94. The van der Waals surface area contributed by atoms with Gasteiger partial charge in [-0.25, -0.2) is 0 Å². The number of carbonyl (C=O) groups excluding carboxylic acids is 1. The molecule has 3 nitrogen and oxygen atoms in total. The Bertz CT molecular complexity index is 550. The van der Waals surface area contributed by atoms with Crippen molar-refractivity contribution in [1.82, 2.24) is 0 Å². The van der Waals surface area contributed by atoms with Crippen molar-refractivity contribution in [1.29, 1.82) is 0 Å². The summed E-state index contributed by atoms with van der Waals surface area (Å²) < 4.78 is 49.5. The minimum Gasteiger partial charge on any atom is -0.463 e. The molecule has 6 heteroatoms. The van der Waals surface area contributed by atoms with Gasteiger partial charge in [-0.1, -0.05) is 18.2 Å². The van der Waals surface area contributed by atoms with Gasteiger partial charge in [0.1, 0.15) is 6.61 Å². The highest BCUT2D eigenvalue weighted by atomic mass is 19.4. The van der Waals surface area contributed by atoms with Crippen LogP contribution < -0.4 is 0 Å². The Morgan fingerprint density at radius 1 is 1.32 bits per heavy atom. The van der Waals surface area contributed by atoms with E-state index < -0.39 is 29.5 Å². The number of hydrogen-bond acceptors (Lipinski definition) is 3. The van der Waals surface area contributed by atoms with Crippen LogP contribution in [0.4, 0.5) is 13.2 Å². The molecule has 1 aromatic carbocycles. The quantitative estimate of drug-likeness (QED) is 0.798. The fraction of sp³-hybridized carbons (Fsp3) is 0.562. The Hall–Kier alpha value is -1.56. The largest absolute Gasteiger partial charge is 0.463 e. The van der Waals surface area contributed by atoms with Gasteiger partial charge in [-0.15, -0.1) is 0 Å². The number of alkyl halides is 3. The van der Waals surface area contributed by atoms with E-state index in [1.807, 2.05) is 0 Å². The zero-order valence-electron chi connectivity index (χ0n) is 11.9. The minimum absolute atomic E-state index is 0.0661. The average molecular weight is 314 g/mol. The smallest absolute Gasteiger partial charge is 0.416 e. The maximum absolute atomic E-state index is 13.0. The summed E-state index contributed by atoms with van der Waals surface area (Å²) in [5, 5.41) is 0. The van der Waals surface area contributed by atoms with E-state index in [1.54, 1.807) is 6.07 Å². The molecule has 1 saturated carbocycles. The first kappa shape index (κ1) is 15.3. The Morgan fingerprint density at radius 2 is 2.09 bits per heavy atom. The molecule has 1 aromatic rings. The van der Waals surface area contributed by atoms with Crippen LogP contribution in [0.5, 0.6) is 0 Å². The summed E-state index contributed by atoms with van der Waals surface area (Å²) in [7, 11) is 0. The minimum atomic E-state index is -4.40. The topological polar surface area (TPSA) is 35.5 Å². The van der Waals surface area contributed by atoms with E-state index in [-0.39, 0.29) is 18.3 Å². The van der Waals surface area contributed by atoms with Gasteiger partial charge < -0.3 is 9.47 Å². The van der Waals surface area contributed by atoms with E-state index >= 15 is 0 Å². The monoisotopic (exact) mass is 314 g/mol. The number of esters is 1. The lowest BCUT2D eigenvalue weighted by Crippen LogP contribution is -2.19. The van der Waals surface area contributed by atoms with Crippen LogP contribution in [-0.2, 0) is 20.4 Å². The van der Waals surface area contributed by atoms with E-state index in [0.29, 0.717) is 13.0 Å². The van der Waals surface area contributed by atoms with Crippen molar-refractivity contribution in [3.63, 3.8) is 0 Å². The van der Waals surface area contributed by atoms with E-state index in [2.05, 4.69) is 0 Å². The number of halogens is 3. The summed E-state index contributed by atoms with van der Waals surface area (Å²) in [5.41, 5.74) is -0.469. The number of carbonyl (C=O) groups is 1. The molecule has 3 rings (SSSR count). The Labute approximate surface area is 126 Å². The third kappa shape index (κ3) is 3.27. The third-order valence-electron chi connectivity index (χ3n) is 4.19. The first-order chi connectivity index (χ1) is 10.5. The Morgan fingerprint density at radius 3 is 2.77 bits per heavy atom. The molecule has 1 aliphatic heterocycles. The van der Waals surface area contributed by atoms with Crippen LogP contribution in [0.3, 0.4) is 0 Å². The molecule has 1 aliphatic carbocycles. The lowest BCUT2D eigenvalue weighted by atomic mass is 10.0. The predicted octanol–water partition coefficient (Wildman–Crippen LogP) is 3.53. The van der Waals surface area contributed by atoms with Crippen LogP contribution in [0, 0.1) is 5.92 Å². The standard InChI is InChI=1S/C16H17F3O3/c17-16(18,19)14-6-2-1-5-11(14)12-8-13(12)15(20)22-9-10-4-3-7-21-10/h1-2,5-6,10,12-13H,3-4,7-9H2. The van der Waals surface area contributed by atoms with E-state index in [1.165, 1.54) is 12.1 Å². The van der Waals surface area contributed by atoms with Gasteiger partial charge in [-0.3, -0.25) is 4.79 Å². The molecule has 0 N–H and O–H groups in total. The van der Waals surface area contributed by atoms with E-state index in [0.717, 1.165) is 18.9 Å². The Kier molecular flexibility index (Phi) is 4.12. The third-order valence-corrected chi connectivity index (χ3v) is 4.19. The van der Waals surface area contributed by atoms with Crippen molar-refractivity contribution >= 4 is 5.97 Å². The van der Waals surface area contributed by atoms with Crippen molar-refractivity contribution < 1.29 is 27.4 Å². The van der Waals surface area contributed by atoms with Crippen molar-refractivity contribution in [2.45, 2.75) is 37.5 Å². The maximum Gasteiger partial charge on any atom is 0.416 e. The molecule has 3 unspecified atom stereocenters. The lowest BCUT2D eigenvalue weighted by Gasteiger charge is -2.13. The van der Waals surface area contributed by atoms with Crippen molar-refractivity contribution in [2.24, 2.45) is 5.92 Å². The SMILES string of the molecule is O=C(OCC1CCCO1)C1CC1c1ccccc1C(F)(F)F. The normalized spacial score (nSPS) is 27.7. The molecule has 2 aliphatic rings. The first-order valence-electron chi connectivity index (χ1n) is 7.41. The molecule has 2 fully saturated rings. The molecule has 1 saturated heterocycles. The molecule has 0 spiro atoms. The summed E-state index contributed by atoms with van der Waals surface area (Å²) in [6.45, 7) is 0.871. The van der Waals surface area contributed by atoms with Crippen LogP contribution >= 0.6 is 0 Å². The van der Waals surface area contributed by atoms with Crippen LogP contribution in [0.15, 0.2) is 24.3 Å². The van der Waals surface area contributed by atoms with Crippen LogP contribution in [0.2, 0.25) is 0 Å². The van der Waals surface area contributed by atoms with Crippen LogP contribution in [-0.4, -0.2) is 25.3 Å². The molecule has 120 valence electrons. The second-order valence-electron chi connectivity index (χ2n) is 5.80. The van der Waals surface area contributed by atoms with E-state index in [9.17, 15) is 18.0 Å². The van der Waals surface area contributed by atoms with E-state index in [4.69, 9.17) is 9.47 Å². The summed E-state index contributed by atoms with van der Waals surface area (Å²) in [6, 6.07) is 5.43. The highest BCUT2D eigenvalue weighted by Crippen LogP contribution is 2.51. The van der Waals surface area contributed by atoms with Gasteiger partial charge in [0.05, 0.1) is 17.6 Å². The highest BCUT2D eigenvalue weighted by molar-refractivity contribution is 5.77. The molecule has 0 aromatic heterocycles. The number of benzene rings is 1. The van der Waals surface area contributed by atoms with Gasteiger partial charge in [0, 0.05) is 6.61 Å². The number of hydrogen-bond donors (Lipinski definition) is 0. The van der Waals surface area contributed by atoms with Crippen molar-refractivity contribution in [3.8, 4) is 0 Å². The molecule has 0 amide bonds. The van der Waals surface area contributed by atoms with Crippen LogP contribution in [0.1, 0.15) is 36.3 Å². The maximum atomic E-state index is 13.0. The van der Waals surface area contributed by atoms with Gasteiger partial charge in [-0.2, -0.15) is 13.2 Å². The average Bonchev–Trinajstić information content (AvgIpc) is 3.11. The number of rotatable bonds is 4. The predicted molar refractivity (Wildman–Crippen MR) is 72.2 cm³/mol. The van der Waals surface area contributed by atoms with Gasteiger partial charge in [0.15, 0.2) is 0 Å². The molecule has 1 heterocycles. The summed E-state index contributed by atoms with van der Waals surface area (Å²) in [6.07, 6.45) is -2.24. The molecule has 22 heavy (non-hydrogen) atoms. The highest BCUT2D eigenvalue weighted by Gasteiger charge is 2.48. The van der Waals surface area contributed by atoms with Crippen molar-refractivity contribution in [3.05, 3.63) is 35.4 Å². The van der Waals surface area contributed by atoms with Crippen molar-refractivity contribution in [2.75, 3.05) is 13.2 Å². The van der Waals surface area contributed by atoms with Crippen LogP contribution in [0.25, 0.3) is 0 Å². The fourth-order valence-electron chi connectivity index (χ4n) is 2.94. The van der Waals surface area contributed by atoms with Gasteiger partial charge >= 0.3 is 12.1 Å². The van der Waals surface area contributed by atoms with Gasteiger partial charge in [0.2, 0.25) is 0 Å². The summed E-state index contributed by atoms with van der Waals surface area (Å²) in [5.74, 6) is -1.28. The molecule has 3 atom stereocenters. The molecule has 0 bridgehead atoms. The lowest BCUT2D eigenvalue weighted by molar-refractivity contribution is -0.148. The molecular formula is C16H17F3O3.